The number of rotatable bonds is 9. The van der Waals surface area contributed by atoms with Crippen LogP contribution in [0.3, 0.4) is 0 Å². The summed E-state index contributed by atoms with van der Waals surface area (Å²) in [6.07, 6.45) is 5.30. The Morgan fingerprint density at radius 2 is 2.29 bits per heavy atom. The summed E-state index contributed by atoms with van der Waals surface area (Å²) in [5.74, 6) is 0. The minimum atomic E-state index is 0.358. The van der Waals surface area contributed by atoms with E-state index in [2.05, 4.69) is 23.4 Å². The molecular formula is C13H25N3O. The van der Waals surface area contributed by atoms with Crippen LogP contribution in [0.2, 0.25) is 0 Å². The fraction of sp³-hybridized carbons (Fsp3) is 0.769. The molecule has 0 saturated carbocycles. The van der Waals surface area contributed by atoms with E-state index >= 15 is 0 Å². The van der Waals surface area contributed by atoms with Crippen LogP contribution in [0.1, 0.15) is 44.8 Å². The van der Waals surface area contributed by atoms with E-state index in [1.165, 1.54) is 0 Å². The molecule has 1 unspecified atom stereocenters. The highest BCUT2D eigenvalue weighted by Crippen LogP contribution is 2.16. The van der Waals surface area contributed by atoms with Gasteiger partial charge in [-0.05, 0) is 38.8 Å². The molecule has 98 valence electrons. The van der Waals surface area contributed by atoms with Gasteiger partial charge in [0, 0.05) is 26.5 Å². The Bertz CT molecular complexity index is 299. The lowest BCUT2D eigenvalue weighted by Gasteiger charge is -2.16. The predicted octanol–water partition coefficient (Wildman–Crippen LogP) is 2.28. The summed E-state index contributed by atoms with van der Waals surface area (Å²) < 4.78 is 7.24. The second kappa shape index (κ2) is 8.25. The number of nitrogens with one attached hydrogen (secondary N) is 1. The van der Waals surface area contributed by atoms with Crippen molar-refractivity contribution in [3.8, 4) is 0 Å². The number of aromatic nitrogens is 2. The fourth-order valence-electron chi connectivity index (χ4n) is 1.83. The van der Waals surface area contributed by atoms with Gasteiger partial charge in [-0.25, -0.2) is 0 Å². The molecule has 4 heteroatoms. The maximum absolute atomic E-state index is 5.38. The van der Waals surface area contributed by atoms with Crippen molar-refractivity contribution in [2.45, 2.75) is 39.2 Å². The van der Waals surface area contributed by atoms with E-state index in [9.17, 15) is 0 Å². The summed E-state index contributed by atoms with van der Waals surface area (Å²) in [5.41, 5.74) is 1.14. The average molecular weight is 239 g/mol. The molecular weight excluding hydrogens is 214 g/mol. The molecule has 17 heavy (non-hydrogen) atoms. The van der Waals surface area contributed by atoms with Gasteiger partial charge in [-0.3, -0.25) is 4.68 Å². The third-order valence-electron chi connectivity index (χ3n) is 2.72. The number of aryl methyl sites for hydroxylation is 1. The lowest BCUT2D eigenvalue weighted by Crippen LogP contribution is -2.23. The van der Waals surface area contributed by atoms with E-state index < -0.39 is 0 Å². The largest absolute Gasteiger partial charge is 0.382 e. The van der Waals surface area contributed by atoms with Crippen LogP contribution in [0.15, 0.2) is 12.3 Å². The predicted molar refractivity (Wildman–Crippen MR) is 70.0 cm³/mol. The smallest absolute Gasteiger partial charge is 0.0793 e. The molecule has 0 aliphatic heterocycles. The average Bonchev–Trinajstić information content (AvgIpc) is 2.75. The topological polar surface area (TPSA) is 39.1 Å². The van der Waals surface area contributed by atoms with Crippen LogP contribution in [0.4, 0.5) is 0 Å². The van der Waals surface area contributed by atoms with Crippen LogP contribution in [0.5, 0.6) is 0 Å². The van der Waals surface area contributed by atoms with Gasteiger partial charge in [0.2, 0.25) is 0 Å². The van der Waals surface area contributed by atoms with Crippen molar-refractivity contribution < 1.29 is 4.74 Å². The van der Waals surface area contributed by atoms with Gasteiger partial charge in [0.1, 0.15) is 0 Å². The van der Waals surface area contributed by atoms with Crippen LogP contribution in [0.25, 0.3) is 0 Å². The summed E-state index contributed by atoms with van der Waals surface area (Å²) in [7, 11) is 1.96. The van der Waals surface area contributed by atoms with Gasteiger partial charge in [-0.2, -0.15) is 5.10 Å². The van der Waals surface area contributed by atoms with Crippen LogP contribution in [-0.4, -0.2) is 29.5 Å². The number of hydrogen-bond donors (Lipinski definition) is 1. The van der Waals surface area contributed by atoms with Crippen LogP contribution >= 0.6 is 0 Å². The number of ether oxygens (including phenoxy) is 1. The molecule has 1 heterocycles. The van der Waals surface area contributed by atoms with E-state index in [0.717, 1.165) is 44.7 Å². The van der Waals surface area contributed by atoms with Gasteiger partial charge in [0.25, 0.3) is 0 Å². The Balaban J connectivity index is 2.42. The molecule has 1 atom stereocenters. The molecule has 1 aromatic rings. The van der Waals surface area contributed by atoms with Gasteiger partial charge in [0.05, 0.1) is 11.7 Å². The van der Waals surface area contributed by atoms with E-state index in [4.69, 9.17) is 4.74 Å². The zero-order valence-corrected chi connectivity index (χ0v) is 11.3. The standard InChI is InChI=1S/C13H25N3O/c1-4-9-14-12(7-6-11-17-5-2)13-8-10-16(3)15-13/h8,10,12,14H,4-7,9,11H2,1-3H3. The highest BCUT2D eigenvalue weighted by Gasteiger charge is 2.12. The van der Waals surface area contributed by atoms with Crippen LogP contribution in [-0.2, 0) is 11.8 Å². The first kappa shape index (κ1) is 14.2. The monoisotopic (exact) mass is 239 g/mol. The molecule has 1 rings (SSSR count). The minimum Gasteiger partial charge on any atom is -0.382 e. The summed E-state index contributed by atoms with van der Waals surface area (Å²) in [6, 6.07) is 2.45. The van der Waals surface area contributed by atoms with Crippen molar-refractivity contribution in [2.75, 3.05) is 19.8 Å². The maximum atomic E-state index is 5.38. The first-order valence-corrected chi connectivity index (χ1v) is 6.58. The Labute approximate surface area is 104 Å². The van der Waals surface area contributed by atoms with E-state index in [0.29, 0.717) is 6.04 Å². The van der Waals surface area contributed by atoms with Crippen LogP contribution < -0.4 is 5.32 Å². The molecule has 1 N–H and O–H groups in total. The van der Waals surface area contributed by atoms with Crippen molar-refractivity contribution in [2.24, 2.45) is 7.05 Å². The van der Waals surface area contributed by atoms with Crippen molar-refractivity contribution >= 4 is 0 Å². The Morgan fingerprint density at radius 1 is 1.47 bits per heavy atom. The number of nitrogens with zero attached hydrogens (tertiary/aromatic N) is 2. The van der Waals surface area contributed by atoms with Crippen LogP contribution in [0, 0.1) is 0 Å². The first-order chi connectivity index (χ1) is 8.27. The van der Waals surface area contributed by atoms with E-state index in [-0.39, 0.29) is 0 Å². The van der Waals surface area contributed by atoms with Gasteiger partial charge in [-0.1, -0.05) is 6.92 Å². The lowest BCUT2D eigenvalue weighted by molar-refractivity contribution is 0.140. The molecule has 4 nitrogen and oxygen atoms in total. The summed E-state index contributed by atoms with van der Waals surface area (Å²) in [4.78, 5) is 0. The molecule has 0 amide bonds. The molecule has 1 aromatic heterocycles. The second-order valence-corrected chi connectivity index (χ2v) is 4.26. The summed E-state index contributed by atoms with van der Waals surface area (Å²) in [5, 5.41) is 8.02. The zero-order valence-electron chi connectivity index (χ0n) is 11.3. The molecule has 0 bridgehead atoms. The molecule has 0 radical (unpaired) electrons. The molecule has 0 aliphatic rings. The van der Waals surface area contributed by atoms with E-state index in [1.807, 2.05) is 24.9 Å². The SMILES string of the molecule is CCCNC(CCCOCC)c1ccn(C)n1. The Kier molecular flexibility index (Phi) is 6.89. The van der Waals surface area contributed by atoms with Gasteiger partial charge in [0.15, 0.2) is 0 Å². The molecule has 0 spiro atoms. The van der Waals surface area contributed by atoms with E-state index in [1.54, 1.807) is 0 Å². The normalized spacial score (nSPS) is 12.9. The Morgan fingerprint density at radius 3 is 2.88 bits per heavy atom. The third kappa shape index (κ3) is 5.33. The molecule has 0 aliphatic carbocycles. The molecule has 0 aromatic carbocycles. The minimum absolute atomic E-state index is 0.358. The van der Waals surface area contributed by atoms with Gasteiger partial charge >= 0.3 is 0 Å². The third-order valence-corrected chi connectivity index (χ3v) is 2.72. The maximum Gasteiger partial charge on any atom is 0.0793 e. The summed E-state index contributed by atoms with van der Waals surface area (Å²) >= 11 is 0. The second-order valence-electron chi connectivity index (χ2n) is 4.26. The zero-order chi connectivity index (χ0) is 12.5. The summed E-state index contributed by atoms with van der Waals surface area (Å²) in [6.45, 7) is 6.90. The molecule has 0 fully saturated rings. The number of hydrogen-bond acceptors (Lipinski definition) is 3. The highest BCUT2D eigenvalue weighted by atomic mass is 16.5. The van der Waals surface area contributed by atoms with Crippen molar-refractivity contribution in [1.29, 1.82) is 0 Å². The highest BCUT2D eigenvalue weighted by molar-refractivity contribution is 5.05. The lowest BCUT2D eigenvalue weighted by atomic mass is 10.1. The quantitative estimate of drug-likeness (QED) is 0.672. The van der Waals surface area contributed by atoms with Gasteiger partial charge in [-0.15, -0.1) is 0 Å². The first-order valence-electron chi connectivity index (χ1n) is 6.58. The van der Waals surface area contributed by atoms with Crippen molar-refractivity contribution in [3.05, 3.63) is 18.0 Å². The van der Waals surface area contributed by atoms with Crippen molar-refractivity contribution in [1.82, 2.24) is 15.1 Å². The fourth-order valence-corrected chi connectivity index (χ4v) is 1.83. The van der Waals surface area contributed by atoms with Crippen molar-refractivity contribution in [3.63, 3.8) is 0 Å². The van der Waals surface area contributed by atoms with Gasteiger partial charge < -0.3 is 10.1 Å². The Hall–Kier alpha value is -0.870. The molecule has 0 saturated heterocycles.